The molecule has 0 bridgehead atoms. The summed E-state index contributed by atoms with van der Waals surface area (Å²) in [5, 5.41) is 7.96. The molecule has 2 rings (SSSR count). The summed E-state index contributed by atoms with van der Waals surface area (Å²) in [7, 11) is -0.914. The number of nitrogens with one attached hydrogen (secondary N) is 1. The summed E-state index contributed by atoms with van der Waals surface area (Å²) in [6.07, 6.45) is 5.76. The van der Waals surface area contributed by atoms with Gasteiger partial charge in [-0.15, -0.1) is 0 Å². The molecule has 21 heavy (non-hydrogen) atoms. The van der Waals surface area contributed by atoms with Gasteiger partial charge < -0.3 is 5.32 Å². The number of sulfone groups is 1. The van der Waals surface area contributed by atoms with Crippen LogP contribution in [0.5, 0.6) is 0 Å². The molecule has 120 valence electrons. The average Bonchev–Trinajstić information content (AvgIpc) is 3.04. The van der Waals surface area contributed by atoms with Crippen LogP contribution in [0, 0.1) is 5.92 Å². The van der Waals surface area contributed by atoms with Gasteiger partial charge in [0.1, 0.15) is 0 Å². The van der Waals surface area contributed by atoms with Gasteiger partial charge in [0.05, 0.1) is 23.2 Å². The van der Waals surface area contributed by atoms with Crippen LogP contribution >= 0.6 is 0 Å². The lowest BCUT2D eigenvalue weighted by Crippen LogP contribution is -2.36. The molecule has 2 atom stereocenters. The summed E-state index contributed by atoms with van der Waals surface area (Å²) >= 11 is 0. The van der Waals surface area contributed by atoms with Gasteiger partial charge in [-0.1, -0.05) is 13.8 Å². The lowest BCUT2D eigenvalue weighted by atomic mass is 9.95. The van der Waals surface area contributed by atoms with Crippen molar-refractivity contribution in [1.29, 1.82) is 0 Å². The highest BCUT2D eigenvalue weighted by atomic mass is 32.2. The molecule has 1 saturated heterocycles. The second-order valence-corrected chi connectivity index (χ2v) is 8.25. The molecular weight excluding hydrogens is 286 g/mol. The third-order valence-corrected chi connectivity index (χ3v) is 6.41. The molecule has 6 heteroatoms. The summed E-state index contributed by atoms with van der Waals surface area (Å²) in [5.74, 6) is 0.849. The highest BCUT2D eigenvalue weighted by Crippen LogP contribution is 2.24. The lowest BCUT2D eigenvalue weighted by molar-refractivity contribution is 0.391. The Bertz CT molecular complexity index is 549. The Labute approximate surface area is 128 Å². The van der Waals surface area contributed by atoms with E-state index in [9.17, 15) is 8.42 Å². The molecule has 1 aromatic rings. The van der Waals surface area contributed by atoms with Crippen LogP contribution < -0.4 is 5.32 Å². The Morgan fingerprint density at radius 2 is 2.14 bits per heavy atom. The number of rotatable bonds is 7. The van der Waals surface area contributed by atoms with E-state index in [0.717, 1.165) is 31.4 Å². The van der Waals surface area contributed by atoms with Gasteiger partial charge in [-0.05, 0) is 38.3 Å². The molecule has 0 aromatic carbocycles. The van der Waals surface area contributed by atoms with Crippen LogP contribution in [0.15, 0.2) is 12.3 Å². The highest BCUT2D eigenvalue weighted by molar-refractivity contribution is 7.91. The fraction of sp³-hybridized carbons (Fsp3) is 0.800. The smallest absolute Gasteiger partial charge is 0.150 e. The Morgan fingerprint density at radius 3 is 2.67 bits per heavy atom. The Hall–Kier alpha value is -0.880. The summed E-state index contributed by atoms with van der Waals surface area (Å²) in [5.41, 5.74) is 1.05. The maximum absolute atomic E-state index is 11.6. The van der Waals surface area contributed by atoms with Gasteiger partial charge in [-0.2, -0.15) is 5.10 Å². The number of aromatic nitrogens is 2. The van der Waals surface area contributed by atoms with E-state index in [1.165, 1.54) is 0 Å². The summed E-state index contributed by atoms with van der Waals surface area (Å²) in [6, 6.07) is 2.71. The maximum Gasteiger partial charge on any atom is 0.150 e. The summed E-state index contributed by atoms with van der Waals surface area (Å²) < 4.78 is 25.3. The maximum atomic E-state index is 11.6. The first kappa shape index (κ1) is 16.5. The molecule has 1 aliphatic rings. The van der Waals surface area contributed by atoms with E-state index in [1.807, 2.05) is 17.9 Å². The SMILES string of the molecule is CCC(CC)n1ccc(CC(NC)C2CCS(=O)(=O)C2)n1. The van der Waals surface area contributed by atoms with E-state index < -0.39 is 9.84 Å². The van der Waals surface area contributed by atoms with E-state index >= 15 is 0 Å². The van der Waals surface area contributed by atoms with E-state index in [1.54, 1.807) is 0 Å². The minimum Gasteiger partial charge on any atom is -0.316 e. The number of nitrogens with zero attached hydrogens (tertiary/aromatic N) is 2. The standard InChI is InChI=1S/C15H27N3O2S/c1-4-14(5-2)18-8-6-13(17-18)10-15(16-3)12-7-9-21(19,20)11-12/h6,8,12,14-16H,4-5,7,9-11H2,1-3H3. The molecular formula is C15H27N3O2S. The van der Waals surface area contributed by atoms with Gasteiger partial charge in [0.25, 0.3) is 0 Å². The molecule has 0 amide bonds. The largest absolute Gasteiger partial charge is 0.316 e. The zero-order valence-corrected chi connectivity index (χ0v) is 14.1. The van der Waals surface area contributed by atoms with Crippen molar-refractivity contribution < 1.29 is 8.42 Å². The van der Waals surface area contributed by atoms with Crippen molar-refractivity contribution >= 4 is 9.84 Å². The Balaban J connectivity index is 2.02. The van der Waals surface area contributed by atoms with Crippen molar-refractivity contribution in [2.75, 3.05) is 18.6 Å². The van der Waals surface area contributed by atoms with E-state index in [-0.39, 0.29) is 12.0 Å². The number of hydrogen-bond donors (Lipinski definition) is 1. The first-order valence-corrected chi connectivity index (χ1v) is 9.73. The van der Waals surface area contributed by atoms with Crippen molar-refractivity contribution in [3.05, 3.63) is 18.0 Å². The number of hydrogen-bond acceptors (Lipinski definition) is 4. The fourth-order valence-electron chi connectivity index (χ4n) is 3.22. The van der Waals surface area contributed by atoms with Crippen LogP contribution in [0.4, 0.5) is 0 Å². The molecule has 0 saturated carbocycles. The van der Waals surface area contributed by atoms with E-state index in [4.69, 9.17) is 0 Å². The van der Waals surface area contributed by atoms with Gasteiger partial charge in [-0.25, -0.2) is 8.42 Å². The molecule has 1 fully saturated rings. The Kier molecular flexibility index (Phi) is 5.43. The van der Waals surface area contributed by atoms with Gasteiger partial charge in [-0.3, -0.25) is 4.68 Å². The van der Waals surface area contributed by atoms with Crippen molar-refractivity contribution in [3.8, 4) is 0 Å². The first-order chi connectivity index (χ1) is 9.99. The van der Waals surface area contributed by atoms with Gasteiger partial charge in [0.2, 0.25) is 0 Å². The molecule has 0 radical (unpaired) electrons. The summed E-state index contributed by atoms with van der Waals surface area (Å²) in [6.45, 7) is 4.35. The minimum absolute atomic E-state index is 0.187. The van der Waals surface area contributed by atoms with Crippen molar-refractivity contribution in [1.82, 2.24) is 15.1 Å². The van der Waals surface area contributed by atoms with Crippen LogP contribution in [-0.2, 0) is 16.3 Å². The quantitative estimate of drug-likeness (QED) is 0.834. The third-order valence-electron chi connectivity index (χ3n) is 4.62. The molecule has 0 spiro atoms. The predicted octanol–water partition coefficient (Wildman–Crippen LogP) is 1.81. The second-order valence-electron chi connectivity index (χ2n) is 6.02. The molecule has 0 aliphatic carbocycles. The second kappa shape index (κ2) is 6.92. The van der Waals surface area contributed by atoms with Gasteiger partial charge >= 0.3 is 0 Å². The molecule has 2 unspecified atom stereocenters. The highest BCUT2D eigenvalue weighted by Gasteiger charge is 2.33. The Morgan fingerprint density at radius 1 is 1.43 bits per heavy atom. The zero-order chi connectivity index (χ0) is 15.5. The van der Waals surface area contributed by atoms with Gasteiger partial charge in [0, 0.05) is 18.7 Å². The molecule has 5 nitrogen and oxygen atoms in total. The van der Waals surface area contributed by atoms with Gasteiger partial charge in [0.15, 0.2) is 9.84 Å². The van der Waals surface area contributed by atoms with E-state index in [2.05, 4.69) is 30.3 Å². The topological polar surface area (TPSA) is 64.0 Å². The van der Waals surface area contributed by atoms with Crippen LogP contribution in [-0.4, -0.2) is 42.8 Å². The molecule has 1 aliphatic heterocycles. The first-order valence-electron chi connectivity index (χ1n) is 7.90. The van der Waals surface area contributed by atoms with Crippen LogP contribution in [0.3, 0.4) is 0 Å². The predicted molar refractivity (Wildman–Crippen MR) is 85.2 cm³/mol. The normalized spacial score (nSPS) is 22.8. The monoisotopic (exact) mass is 313 g/mol. The van der Waals surface area contributed by atoms with Crippen molar-refractivity contribution in [2.45, 2.75) is 51.6 Å². The third kappa shape index (κ3) is 4.07. The lowest BCUT2D eigenvalue weighted by Gasteiger charge is -2.21. The summed E-state index contributed by atoms with van der Waals surface area (Å²) in [4.78, 5) is 0. The van der Waals surface area contributed by atoms with Crippen molar-refractivity contribution in [2.24, 2.45) is 5.92 Å². The molecule has 1 aromatic heterocycles. The van der Waals surface area contributed by atoms with Crippen molar-refractivity contribution in [3.63, 3.8) is 0 Å². The van der Waals surface area contributed by atoms with Crippen LogP contribution in [0.2, 0.25) is 0 Å². The molecule has 2 heterocycles. The van der Waals surface area contributed by atoms with E-state index in [0.29, 0.717) is 17.5 Å². The van der Waals surface area contributed by atoms with Crippen LogP contribution in [0.1, 0.15) is 44.8 Å². The fourth-order valence-corrected chi connectivity index (χ4v) is 5.10. The zero-order valence-electron chi connectivity index (χ0n) is 13.2. The van der Waals surface area contributed by atoms with Crippen LogP contribution in [0.25, 0.3) is 0 Å². The molecule has 1 N–H and O–H groups in total. The average molecular weight is 313 g/mol. The number of likely N-dealkylation sites (N-methyl/N-ethyl adjacent to an activating group) is 1. The minimum atomic E-state index is -2.82.